The lowest BCUT2D eigenvalue weighted by atomic mass is 10.9. The van der Waals surface area contributed by atoms with Gasteiger partial charge >= 0.3 is 0 Å². The van der Waals surface area contributed by atoms with Crippen LogP contribution in [0, 0.1) is 0 Å². The third-order valence-electron chi connectivity index (χ3n) is 0.289. The van der Waals surface area contributed by atoms with Crippen molar-refractivity contribution in [3.63, 3.8) is 0 Å². The van der Waals surface area contributed by atoms with Crippen LogP contribution in [0.4, 0.5) is 0 Å². The van der Waals surface area contributed by atoms with E-state index in [1.54, 1.807) is 7.11 Å². The van der Waals surface area contributed by atoms with Crippen LogP contribution in [0.25, 0.3) is 0 Å². The Balaban J connectivity index is -0.00000000300. The molecule has 0 aliphatic carbocycles. The molecule has 0 bridgehead atoms. The summed E-state index contributed by atoms with van der Waals surface area (Å²) in [4.78, 5) is 0. The highest BCUT2D eigenvalue weighted by Gasteiger charge is 1.51. The Morgan fingerprint density at radius 3 is 0.900 bits per heavy atom. The third-order valence-corrected chi connectivity index (χ3v) is 0.289. The maximum absolute atomic E-state index is 4.54. The van der Waals surface area contributed by atoms with Crippen molar-refractivity contribution in [2.45, 2.75) is 51.5 Å². The Hall–Kier alpha value is -0.0400. The summed E-state index contributed by atoms with van der Waals surface area (Å²) >= 11 is 0. The lowest BCUT2D eigenvalue weighted by Gasteiger charge is -1.76. The number of rotatable bonds is 1. The van der Waals surface area contributed by atoms with Crippen molar-refractivity contribution in [3.05, 3.63) is 0 Å². The molecular weight excluding hydrogens is 124 g/mol. The normalized spacial score (nSPS) is 3.00. The molecule has 0 radical (unpaired) electrons. The van der Waals surface area contributed by atoms with Gasteiger partial charge in [0.05, 0.1) is 0 Å². The van der Waals surface area contributed by atoms with Gasteiger partial charge in [-0.1, -0.05) is 44.6 Å². The van der Waals surface area contributed by atoms with Crippen molar-refractivity contribution in [2.75, 3.05) is 13.7 Å². The fraction of sp³-hybridized carbons (Fsp3) is 1.00. The van der Waals surface area contributed by atoms with Crippen LogP contribution in [0.2, 0.25) is 0 Å². The second-order valence-corrected chi connectivity index (χ2v) is 0.577. The molecule has 0 N–H and O–H groups in total. The average molecular weight is 156 g/mol. The molecule has 0 saturated heterocycles. The van der Waals surface area contributed by atoms with Crippen molar-refractivity contribution in [2.24, 2.45) is 0 Å². The standard InChI is InChI=1S/C3H8O.6CH4/c1-3-4-2;;;;;;/h3H2,1-2H3;6*1H4. The van der Waals surface area contributed by atoms with Crippen LogP contribution in [0.5, 0.6) is 0 Å². The first-order valence-corrected chi connectivity index (χ1v) is 1.40. The molecule has 0 fully saturated rings. The quantitative estimate of drug-likeness (QED) is 0.544. The van der Waals surface area contributed by atoms with Gasteiger partial charge < -0.3 is 4.74 Å². The lowest BCUT2D eigenvalue weighted by Crippen LogP contribution is -1.73. The fourth-order valence-electron chi connectivity index (χ4n) is 0. The molecule has 0 aromatic rings. The van der Waals surface area contributed by atoms with Gasteiger partial charge in [-0.25, -0.2) is 0 Å². The van der Waals surface area contributed by atoms with E-state index < -0.39 is 0 Å². The zero-order valence-electron chi connectivity index (χ0n) is 3.12. The highest BCUT2D eigenvalue weighted by molar-refractivity contribution is 3.94. The van der Waals surface area contributed by atoms with E-state index in [0.29, 0.717) is 0 Å². The Kier molecular flexibility index (Phi) is 1350. The SMILES string of the molecule is C.C.C.C.C.C.CCOC. The van der Waals surface area contributed by atoms with Crippen molar-refractivity contribution >= 4 is 0 Å². The largest absolute Gasteiger partial charge is 0.385 e. The van der Waals surface area contributed by atoms with Crippen LogP contribution >= 0.6 is 0 Å². The summed E-state index contributed by atoms with van der Waals surface area (Å²) in [6.07, 6.45) is 0. The van der Waals surface area contributed by atoms with E-state index in [-0.39, 0.29) is 44.6 Å². The number of methoxy groups -OCH3 is 1. The molecule has 0 aromatic heterocycles. The lowest BCUT2D eigenvalue weighted by molar-refractivity contribution is 0.215. The Morgan fingerprint density at radius 2 is 0.900 bits per heavy atom. The summed E-state index contributed by atoms with van der Waals surface area (Å²) in [6.45, 7) is 2.78. The van der Waals surface area contributed by atoms with Gasteiger partial charge in [0.25, 0.3) is 0 Å². The summed E-state index contributed by atoms with van der Waals surface area (Å²) in [5, 5.41) is 0. The molecule has 1 nitrogen and oxygen atoms in total. The summed E-state index contributed by atoms with van der Waals surface area (Å²) < 4.78 is 4.54. The van der Waals surface area contributed by atoms with Gasteiger partial charge in [0.2, 0.25) is 0 Å². The number of hydrogen-bond acceptors (Lipinski definition) is 1. The predicted molar refractivity (Wildman–Crippen MR) is 57.9 cm³/mol. The summed E-state index contributed by atoms with van der Waals surface area (Å²) in [5.74, 6) is 0. The van der Waals surface area contributed by atoms with Gasteiger partial charge in [0.1, 0.15) is 0 Å². The van der Waals surface area contributed by atoms with E-state index in [0.717, 1.165) is 6.61 Å². The van der Waals surface area contributed by atoms with Crippen LogP contribution < -0.4 is 0 Å². The van der Waals surface area contributed by atoms with Gasteiger partial charge in [-0.2, -0.15) is 0 Å². The molecule has 0 rings (SSSR count). The maximum atomic E-state index is 4.54. The van der Waals surface area contributed by atoms with Crippen molar-refractivity contribution in [1.29, 1.82) is 0 Å². The van der Waals surface area contributed by atoms with E-state index in [2.05, 4.69) is 4.74 Å². The Labute approximate surface area is 70.8 Å². The summed E-state index contributed by atoms with van der Waals surface area (Å²) in [7, 11) is 1.68. The van der Waals surface area contributed by atoms with Crippen LogP contribution in [-0.2, 0) is 4.74 Å². The van der Waals surface area contributed by atoms with Crippen LogP contribution in [0.3, 0.4) is 0 Å². The number of ether oxygens (including phenoxy) is 1. The molecular formula is C9H32O. The molecule has 0 saturated carbocycles. The van der Waals surface area contributed by atoms with Gasteiger partial charge in [-0.05, 0) is 6.92 Å². The molecule has 0 amide bonds. The zero-order chi connectivity index (χ0) is 3.41. The molecule has 0 unspecified atom stereocenters. The molecule has 1 heteroatoms. The molecule has 0 aromatic carbocycles. The molecule has 10 heavy (non-hydrogen) atoms. The number of hydrogen-bond donors (Lipinski definition) is 0. The van der Waals surface area contributed by atoms with Gasteiger partial charge in [-0.3, -0.25) is 0 Å². The van der Waals surface area contributed by atoms with E-state index >= 15 is 0 Å². The van der Waals surface area contributed by atoms with E-state index in [9.17, 15) is 0 Å². The zero-order valence-corrected chi connectivity index (χ0v) is 3.12. The molecule has 0 aliphatic heterocycles. The van der Waals surface area contributed by atoms with Gasteiger partial charge in [-0.15, -0.1) is 0 Å². The molecule has 0 aliphatic rings. The van der Waals surface area contributed by atoms with Crippen molar-refractivity contribution in [3.8, 4) is 0 Å². The minimum absolute atomic E-state index is 0. The first-order valence-electron chi connectivity index (χ1n) is 1.40. The average Bonchev–Trinajstić information content (AvgIpc) is 1.37. The van der Waals surface area contributed by atoms with E-state index in [1.807, 2.05) is 6.92 Å². The molecule has 0 spiro atoms. The van der Waals surface area contributed by atoms with Gasteiger partial charge in [0.15, 0.2) is 0 Å². The maximum Gasteiger partial charge on any atom is 0.0433 e. The van der Waals surface area contributed by atoms with Crippen LogP contribution in [0.15, 0.2) is 0 Å². The Morgan fingerprint density at radius 1 is 0.800 bits per heavy atom. The predicted octanol–water partition coefficient (Wildman–Crippen LogP) is 4.47. The first-order chi connectivity index (χ1) is 1.91. The van der Waals surface area contributed by atoms with E-state index in [1.165, 1.54) is 0 Å². The minimum Gasteiger partial charge on any atom is -0.385 e. The smallest absolute Gasteiger partial charge is 0.0433 e. The second kappa shape index (κ2) is 148. The van der Waals surface area contributed by atoms with Crippen LogP contribution in [-0.4, -0.2) is 13.7 Å². The minimum atomic E-state index is 0. The van der Waals surface area contributed by atoms with Crippen molar-refractivity contribution in [1.82, 2.24) is 0 Å². The van der Waals surface area contributed by atoms with E-state index in [4.69, 9.17) is 0 Å². The monoisotopic (exact) mass is 156 g/mol. The van der Waals surface area contributed by atoms with Crippen molar-refractivity contribution < 1.29 is 4.74 Å². The molecule has 0 atom stereocenters. The topological polar surface area (TPSA) is 9.23 Å². The van der Waals surface area contributed by atoms with Crippen LogP contribution in [0.1, 0.15) is 51.5 Å². The molecule has 0 heterocycles. The summed E-state index contributed by atoms with van der Waals surface area (Å²) in [5.41, 5.74) is 0. The highest BCUT2D eigenvalue weighted by atomic mass is 16.5. The Bertz CT molecular complexity index is 6.69. The first kappa shape index (κ1) is 91.3. The second-order valence-electron chi connectivity index (χ2n) is 0.577. The molecule has 74 valence electrons. The fourth-order valence-corrected chi connectivity index (χ4v) is 0. The summed E-state index contributed by atoms with van der Waals surface area (Å²) in [6, 6.07) is 0. The van der Waals surface area contributed by atoms with Gasteiger partial charge in [0, 0.05) is 13.7 Å². The highest BCUT2D eigenvalue weighted by Crippen LogP contribution is 1.52. The third kappa shape index (κ3) is 418.